The first-order valence-corrected chi connectivity index (χ1v) is 13.0. The van der Waals surface area contributed by atoms with Crippen LogP contribution >= 0.6 is 0 Å². The van der Waals surface area contributed by atoms with Gasteiger partial charge in [0.25, 0.3) is 0 Å². The van der Waals surface area contributed by atoms with Gasteiger partial charge < -0.3 is 20.1 Å². The average molecular weight is 490 g/mol. The fourth-order valence-corrected chi connectivity index (χ4v) is 5.79. The Morgan fingerprint density at radius 3 is 2.47 bits per heavy atom. The van der Waals surface area contributed by atoms with E-state index in [0.29, 0.717) is 0 Å². The average Bonchev–Trinajstić information content (AvgIpc) is 2.80. The van der Waals surface area contributed by atoms with Gasteiger partial charge in [-0.25, -0.2) is 13.2 Å². The number of carbonyl (C=O) groups is 1. The molecule has 2 aromatic carbocycles. The molecule has 0 radical (unpaired) electrons. The topological polar surface area (TPSA) is 99.2 Å². The van der Waals surface area contributed by atoms with E-state index in [9.17, 15) is 18.3 Å². The van der Waals surface area contributed by atoms with Crippen LogP contribution in [0.1, 0.15) is 27.7 Å². The molecule has 0 bridgehead atoms. The number of rotatable bonds is 6. The van der Waals surface area contributed by atoms with Crippen molar-refractivity contribution in [1.82, 2.24) is 14.5 Å². The summed E-state index contributed by atoms with van der Waals surface area (Å²) in [5, 5.41) is 12.6. The monoisotopic (exact) mass is 489 g/mol. The minimum absolute atomic E-state index is 0.00850. The van der Waals surface area contributed by atoms with Crippen molar-refractivity contribution >= 4 is 16.1 Å². The molecule has 2 aromatic rings. The lowest BCUT2D eigenvalue weighted by molar-refractivity contribution is 0.0810. The van der Waals surface area contributed by atoms with Crippen LogP contribution in [0.3, 0.4) is 0 Å². The molecule has 0 saturated carbocycles. The molecule has 34 heavy (non-hydrogen) atoms. The van der Waals surface area contributed by atoms with Crippen LogP contribution < -0.4 is 10.1 Å². The van der Waals surface area contributed by atoms with Crippen molar-refractivity contribution in [3.63, 3.8) is 0 Å². The number of hydrogen-bond donors (Lipinski definition) is 2. The lowest BCUT2D eigenvalue weighted by atomic mass is 10.0. The Balaban J connectivity index is 2.06. The van der Waals surface area contributed by atoms with Crippen molar-refractivity contribution in [3.8, 4) is 16.9 Å². The van der Waals surface area contributed by atoms with Crippen LogP contribution in [0, 0.1) is 5.92 Å². The second-order valence-corrected chi connectivity index (χ2v) is 11.1. The molecule has 3 atom stereocenters. The van der Waals surface area contributed by atoms with Crippen molar-refractivity contribution in [2.24, 2.45) is 5.92 Å². The van der Waals surface area contributed by atoms with Gasteiger partial charge in [0.1, 0.15) is 16.7 Å². The van der Waals surface area contributed by atoms with E-state index in [-0.39, 0.29) is 48.3 Å². The van der Waals surface area contributed by atoms with Crippen molar-refractivity contribution in [2.75, 3.05) is 26.7 Å². The number of hydrogen-bond acceptors (Lipinski definition) is 5. The third kappa shape index (κ3) is 5.71. The van der Waals surface area contributed by atoms with Gasteiger partial charge in [0, 0.05) is 31.6 Å². The maximum absolute atomic E-state index is 13.6. The molecule has 9 heteroatoms. The fourth-order valence-electron chi connectivity index (χ4n) is 3.96. The highest BCUT2D eigenvalue weighted by molar-refractivity contribution is 7.89. The number of aliphatic hydroxyl groups excluding tert-OH is 1. The summed E-state index contributed by atoms with van der Waals surface area (Å²) in [5.74, 6) is -0.00248. The smallest absolute Gasteiger partial charge is 0.317 e. The Kier molecular flexibility index (Phi) is 8.22. The normalized spacial score (nSPS) is 21.0. The number of sulfonamides is 1. The highest BCUT2D eigenvalue weighted by atomic mass is 32.2. The largest absolute Gasteiger partial charge is 0.487 e. The molecule has 2 amide bonds. The van der Waals surface area contributed by atoms with Crippen molar-refractivity contribution in [1.29, 1.82) is 0 Å². The van der Waals surface area contributed by atoms with E-state index in [1.807, 2.05) is 51.1 Å². The number of urea groups is 1. The highest BCUT2D eigenvalue weighted by Crippen LogP contribution is 2.36. The van der Waals surface area contributed by atoms with Crippen LogP contribution in [0.5, 0.6) is 5.75 Å². The maximum atomic E-state index is 13.6. The summed E-state index contributed by atoms with van der Waals surface area (Å²) in [5.41, 5.74) is 1.76. The summed E-state index contributed by atoms with van der Waals surface area (Å²) in [7, 11) is -2.22. The highest BCUT2D eigenvalue weighted by Gasteiger charge is 2.38. The van der Waals surface area contributed by atoms with Gasteiger partial charge in [-0.2, -0.15) is 4.31 Å². The molecular weight excluding hydrogens is 454 g/mol. The molecule has 1 aliphatic heterocycles. The fraction of sp³-hybridized carbons (Fsp3) is 0.480. The van der Waals surface area contributed by atoms with Crippen molar-refractivity contribution in [2.45, 2.75) is 50.8 Å². The molecule has 8 nitrogen and oxygen atoms in total. The van der Waals surface area contributed by atoms with Gasteiger partial charge in [-0.15, -0.1) is 0 Å². The van der Waals surface area contributed by atoms with Crippen molar-refractivity contribution in [3.05, 3.63) is 48.5 Å². The number of carbonyl (C=O) groups excluding carboxylic acids is 1. The Hall–Kier alpha value is -2.62. The van der Waals surface area contributed by atoms with Gasteiger partial charge >= 0.3 is 6.03 Å². The summed E-state index contributed by atoms with van der Waals surface area (Å²) in [4.78, 5) is 14.1. The molecule has 0 unspecified atom stereocenters. The van der Waals surface area contributed by atoms with Gasteiger partial charge in [-0.3, -0.25) is 0 Å². The van der Waals surface area contributed by atoms with E-state index in [1.165, 1.54) is 4.31 Å². The van der Waals surface area contributed by atoms with Crippen LogP contribution in [0.25, 0.3) is 11.1 Å². The third-order valence-corrected chi connectivity index (χ3v) is 8.01. The second-order valence-electron chi connectivity index (χ2n) is 9.25. The molecule has 1 heterocycles. The van der Waals surface area contributed by atoms with E-state index in [2.05, 4.69) is 5.32 Å². The molecule has 0 spiro atoms. The van der Waals surface area contributed by atoms with Gasteiger partial charge in [0.05, 0.1) is 13.2 Å². The standard InChI is InChI=1S/C25H35N3O5S/c1-17(2)26-25(30)27(5)15-23-18(3)14-28(19(4)16-29)34(31,32)24-12-11-21(13-22(24)33-23)20-9-7-6-8-10-20/h6-13,17-19,23,29H,14-16H2,1-5H3,(H,26,30)/t18-,19-,23-/m0/s1. The van der Waals surface area contributed by atoms with E-state index in [4.69, 9.17) is 4.74 Å². The maximum Gasteiger partial charge on any atom is 0.317 e. The number of aliphatic hydroxyl groups is 1. The first-order valence-electron chi connectivity index (χ1n) is 11.5. The van der Waals surface area contributed by atoms with Gasteiger partial charge in [-0.1, -0.05) is 43.3 Å². The number of ether oxygens (including phenoxy) is 1. The number of likely N-dealkylation sites (N-methyl/N-ethyl adjacent to an activating group) is 1. The second kappa shape index (κ2) is 10.8. The van der Waals surface area contributed by atoms with Gasteiger partial charge in [0.15, 0.2) is 0 Å². The SMILES string of the molecule is CC(C)NC(=O)N(C)C[C@@H]1Oc2cc(-c3ccccc3)ccc2S(=O)(=O)N([C@@H](C)CO)C[C@@H]1C. The van der Waals surface area contributed by atoms with Crippen LogP contribution in [-0.4, -0.2) is 73.7 Å². The number of amides is 2. The molecule has 0 aromatic heterocycles. The Morgan fingerprint density at radius 2 is 1.85 bits per heavy atom. The predicted molar refractivity (Wildman–Crippen MR) is 132 cm³/mol. The molecule has 1 aliphatic rings. The minimum Gasteiger partial charge on any atom is -0.487 e. The molecule has 0 saturated heterocycles. The molecule has 2 N–H and O–H groups in total. The van der Waals surface area contributed by atoms with E-state index >= 15 is 0 Å². The van der Waals surface area contributed by atoms with E-state index in [0.717, 1.165) is 11.1 Å². The lowest BCUT2D eigenvalue weighted by Gasteiger charge is -2.37. The van der Waals surface area contributed by atoms with Crippen LogP contribution in [0.15, 0.2) is 53.4 Å². The van der Waals surface area contributed by atoms with Crippen LogP contribution in [0.4, 0.5) is 4.79 Å². The van der Waals surface area contributed by atoms with Gasteiger partial charge in [-0.05, 0) is 44.0 Å². The Morgan fingerprint density at radius 1 is 1.18 bits per heavy atom. The molecule has 186 valence electrons. The number of fused-ring (bicyclic) bond motifs is 1. The summed E-state index contributed by atoms with van der Waals surface area (Å²) in [6.07, 6.45) is -0.462. The quantitative estimate of drug-likeness (QED) is 0.649. The lowest BCUT2D eigenvalue weighted by Crippen LogP contribution is -2.51. The van der Waals surface area contributed by atoms with Gasteiger partial charge in [0.2, 0.25) is 10.0 Å². The minimum atomic E-state index is -3.91. The summed E-state index contributed by atoms with van der Waals surface area (Å²) in [6.45, 7) is 7.50. The van der Waals surface area contributed by atoms with E-state index in [1.54, 1.807) is 37.1 Å². The molecule has 0 aliphatic carbocycles. The summed E-state index contributed by atoms with van der Waals surface area (Å²) < 4.78 is 34.9. The molecule has 0 fully saturated rings. The van der Waals surface area contributed by atoms with Crippen LogP contribution in [-0.2, 0) is 10.0 Å². The van der Waals surface area contributed by atoms with Crippen molar-refractivity contribution < 1.29 is 23.1 Å². The third-order valence-electron chi connectivity index (χ3n) is 5.99. The number of nitrogens with one attached hydrogen (secondary N) is 1. The first kappa shape index (κ1) is 26.0. The summed E-state index contributed by atoms with van der Waals surface area (Å²) >= 11 is 0. The zero-order valence-corrected chi connectivity index (χ0v) is 21.2. The zero-order valence-electron chi connectivity index (χ0n) is 20.4. The van der Waals surface area contributed by atoms with E-state index < -0.39 is 22.2 Å². The van der Waals surface area contributed by atoms with Crippen LogP contribution in [0.2, 0.25) is 0 Å². The Bertz CT molecular complexity index is 1090. The number of nitrogens with zero attached hydrogens (tertiary/aromatic N) is 2. The zero-order chi connectivity index (χ0) is 25.0. The number of benzene rings is 2. The predicted octanol–water partition coefficient (Wildman–Crippen LogP) is 3.17. The Labute approximate surface area is 202 Å². The summed E-state index contributed by atoms with van der Waals surface area (Å²) in [6, 6.07) is 13.9. The molecular formula is C25H35N3O5S. The first-order chi connectivity index (χ1) is 16.0. The molecule has 3 rings (SSSR count).